The first kappa shape index (κ1) is 12.9. The fourth-order valence-corrected chi connectivity index (χ4v) is 2.68. The molecule has 0 aliphatic carbocycles. The van der Waals surface area contributed by atoms with Crippen LogP contribution in [0.4, 0.5) is 0 Å². The van der Waals surface area contributed by atoms with Crippen LogP contribution in [-0.4, -0.2) is 4.98 Å². The molecule has 1 heteroatoms. The molecule has 2 rings (SSSR count). The van der Waals surface area contributed by atoms with Gasteiger partial charge in [0.2, 0.25) is 0 Å². The largest absolute Gasteiger partial charge is 0.365 e. The van der Waals surface area contributed by atoms with Crippen molar-refractivity contribution in [1.82, 2.24) is 4.98 Å². The Kier molecular flexibility index (Phi) is 4.24. The molecule has 1 heterocycles. The highest BCUT2D eigenvalue weighted by Gasteiger charge is 2.11. The van der Waals surface area contributed by atoms with Gasteiger partial charge in [0, 0.05) is 17.5 Å². The molecule has 0 fully saturated rings. The third-order valence-electron chi connectivity index (χ3n) is 3.54. The quantitative estimate of drug-likeness (QED) is 0.766. The Bertz CT molecular complexity index is 508. The van der Waals surface area contributed by atoms with Gasteiger partial charge in [-0.25, -0.2) is 0 Å². The smallest absolute Gasteiger partial charge is 0.0195 e. The van der Waals surface area contributed by atoms with Crippen LogP contribution in [0, 0.1) is 6.92 Å². The van der Waals surface area contributed by atoms with E-state index in [1.807, 2.05) is 6.20 Å². The minimum absolute atomic E-state index is 1.18. The van der Waals surface area contributed by atoms with Gasteiger partial charge >= 0.3 is 0 Å². The number of aryl methyl sites for hydroxylation is 2. The van der Waals surface area contributed by atoms with Gasteiger partial charge < -0.3 is 4.98 Å². The van der Waals surface area contributed by atoms with E-state index in [0.29, 0.717) is 0 Å². The van der Waals surface area contributed by atoms with Crippen molar-refractivity contribution >= 4 is 0 Å². The van der Waals surface area contributed by atoms with Crippen LogP contribution in [0.25, 0.3) is 11.1 Å². The molecule has 1 nitrogen and oxygen atoms in total. The minimum Gasteiger partial charge on any atom is -0.365 e. The molecule has 1 N–H and O–H groups in total. The van der Waals surface area contributed by atoms with Gasteiger partial charge in [-0.15, -0.1) is 0 Å². The third kappa shape index (κ3) is 2.50. The molecule has 0 radical (unpaired) electrons. The molecule has 0 saturated carbocycles. The van der Waals surface area contributed by atoms with Gasteiger partial charge in [0.1, 0.15) is 0 Å². The first-order valence-corrected chi connectivity index (χ1v) is 7.03. The summed E-state index contributed by atoms with van der Waals surface area (Å²) in [5.41, 5.74) is 7.11. The second-order valence-electron chi connectivity index (χ2n) is 4.96. The lowest BCUT2D eigenvalue weighted by atomic mass is 9.91. The number of rotatable bonds is 5. The Morgan fingerprint density at radius 1 is 0.944 bits per heavy atom. The fraction of sp³-hybridized carbons (Fsp3) is 0.412. The molecule has 0 aliphatic rings. The standard InChI is InChI=1S/C17H23N/c1-4-7-14-9-6-10-17(16(14)8-5-2)15-11-12-18-13(15)3/h6,9-12,18H,4-5,7-8H2,1-3H3. The molecule has 96 valence electrons. The minimum atomic E-state index is 1.18. The van der Waals surface area contributed by atoms with E-state index in [1.54, 1.807) is 5.56 Å². The van der Waals surface area contributed by atoms with Crippen molar-refractivity contribution in [2.75, 3.05) is 0 Å². The number of hydrogen-bond acceptors (Lipinski definition) is 0. The summed E-state index contributed by atoms with van der Waals surface area (Å²) in [5, 5.41) is 0. The highest BCUT2D eigenvalue weighted by Crippen LogP contribution is 2.30. The summed E-state index contributed by atoms with van der Waals surface area (Å²) in [7, 11) is 0. The van der Waals surface area contributed by atoms with Crippen molar-refractivity contribution in [1.29, 1.82) is 0 Å². The zero-order valence-electron chi connectivity index (χ0n) is 11.7. The van der Waals surface area contributed by atoms with Gasteiger partial charge in [0.15, 0.2) is 0 Å². The predicted molar refractivity (Wildman–Crippen MR) is 79.0 cm³/mol. The van der Waals surface area contributed by atoms with Crippen molar-refractivity contribution in [3.63, 3.8) is 0 Å². The van der Waals surface area contributed by atoms with Gasteiger partial charge in [0.25, 0.3) is 0 Å². The molecule has 0 bridgehead atoms. The maximum atomic E-state index is 3.29. The summed E-state index contributed by atoms with van der Waals surface area (Å²) in [6.45, 7) is 6.66. The van der Waals surface area contributed by atoms with Crippen LogP contribution in [0.2, 0.25) is 0 Å². The van der Waals surface area contributed by atoms with E-state index in [4.69, 9.17) is 0 Å². The van der Waals surface area contributed by atoms with Crippen LogP contribution >= 0.6 is 0 Å². The lowest BCUT2D eigenvalue weighted by molar-refractivity contribution is 0.863. The molecule has 0 spiro atoms. The zero-order valence-corrected chi connectivity index (χ0v) is 11.7. The first-order valence-electron chi connectivity index (χ1n) is 7.03. The molecular formula is C17H23N. The second kappa shape index (κ2) is 5.90. The Morgan fingerprint density at radius 3 is 2.33 bits per heavy atom. The van der Waals surface area contributed by atoms with E-state index >= 15 is 0 Å². The normalized spacial score (nSPS) is 10.8. The zero-order chi connectivity index (χ0) is 13.0. The predicted octanol–water partition coefficient (Wildman–Crippen LogP) is 4.90. The van der Waals surface area contributed by atoms with E-state index in [1.165, 1.54) is 48.1 Å². The van der Waals surface area contributed by atoms with Gasteiger partial charge in [-0.3, -0.25) is 0 Å². The van der Waals surface area contributed by atoms with Gasteiger partial charge in [0.05, 0.1) is 0 Å². The molecule has 0 saturated heterocycles. The van der Waals surface area contributed by atoms with E-state index < -0.39 is 0 Å². The Hall–Kier alpha value is -1.50. The molecule has 2 aromatic rings. The van der Waals surface area contributed by atoms with Crippen LogP contribution in [0.15, 0.2) is 30.5 Å². The third-order valence-corrected chi connectivity index (χ3v) is 3.54. The first-order chi connectivity index (χ1) is 8.77. The molecule has 0 atom stereocenters. The summed E-state index contributed by atoms with van der Waals surface area (Å²) in [4.78, 5) is 3.29. The average Bonchev–Trinajstić information content (AvgIpc) is 2.78. The summed E-state index contributed by atoms with van der Waals surface area (Å²) in [6.07, 6.45) is 6.82. The van der Waals surface area contributed by atoms with Crippen LogP contribution in [0.3, 0.4) is 0 Å². The van der Waals surface area contributed by atoms with Crippen LogP contribution in [0.1, 0.15) is 43.5 Å². The number of aromatic amines is 1. The maximum absolute atomic E-state index is 3.29. The molecule has 1 aromatic carbocycles. The van der Waals surface area contributed by atoms with Gasteiger partial charge in [-0.1, -0.05) is 44.9 Å². The Morgan fingerprint density at radius 2 is 1.72 bits per heavy atom. The van der Waals surface area contributed by atoms with E-state index in [9.17, 15) is 0 Å². The highest BCUT2D eigenvalue weighted by atomic mass is 14.7. The van der Waals surface area contributed by atoms with E-state index in [2.05, 4.69) is 50.0 Å². The van der Waals surface area contributed by atoms with Crippen LogP contribution in [-0.2, 0) is 12.8 Å². The SMILES string of the molecule is CCCc1cccc(-c2cc[nH]c2C)c1CCC. The van der Waals surface area contributed by atoms with E-state index in [-0.39, 0.29) is 0 Å². The molecule has 1 aromatic heterocycles. The molecule has 18 heavy (non-hydrogen) atoms. The van der Waals surface area contributed by atoms with Gasteiger partial charge in [-0.2, -0.15) is 0 Å². The summed E-state index contributed by atoms with van der Waals surface area (Å²) < 4.78 is 0. The van der Waals surface area contributed by atoms with Crippen molar-refractivity contribution in [2.24, 2.45) is 0 Å². The van der Waals surface area contributed by atoms with Crippen molar-refractivity contribution in [2.45, 2.75) is 46.5 Å². The van der Waals surface area contributed by atoms with Gasteiger partial charge in [-0.05, 0) is 42.5 Å². The van der Waals surface area contributed by atoms with Crippen LogP contribution in [0.5, 0.6) is 0 Å². The fourth-order valence-electron chi connectivity index (χ4n) is 2.68. The molecule has 0 unspecified atom stereocenters. The number of aromatic nitrogens is 1. The summed E-state index contributed by atoms with van der Waals surface area (Å²) in [6, 6.07) is 8.95. The maximum Gasteiger partial charge on any atom is 0.0195 e. The monoisotopic (exact) mass is 241 g/mol. The Labute approximate surface area is 110 Å². The van der Waals surface area contributed by atoms with Crippen LogP contribution < -0.4 is 0 Å². The second-order valence-corrected chi connectivity index (χ2v) is 4.96. The van der Waals surface area contributed by atoms with Crippen molar-refractivity contribution in [3.8, 4) is 11.1 Å². The summed E-state index contributed by atoms with van der Waals surface area (Å²) >= 11 is 0. The molecule has 0 amide bonds. The van der Waals surface area contributed by atoms with Crippen molar-refractivity contribution < 1.29 is 0 Å². The number of H-pyrrole nitrogens is 1. The van der Waals surface area contributed by atoms with E-state index in [0.717, 1.165) is 0 Å². The number of nitrogens with one attached hydrogen (secondary N) is 1. The number of benzene rings is 1. The Balaban J connectivity index is 2.52. The average molecular weight is 241 g/mol. The molecular weight excluding hydrogens is 218 g/mol. The topological polar surface area (TPSA) is 15.8 Å². The summed E-state index contributed by atoms with van der Waals surface area (Å²) in [5.74, 6) is 0. The van der Waals surface area contributed by atoms with Crippen molar-refractivity contribution in [3.05, 3.63) is 47.3 Å². The number of hydrogen-bond donors (Lipinski definition) is 1. The lowest BCUT2D eigenvalue weighted by Gasteiger charge is -2.14. The lowest BCUT2D eigenvalue weighted by Crippen LogP contribution is -1.97. The highest BCUT2D eigenvalue weighted by molar-refractivity contribution is 5.71. The molecule has 0 aliphatic heterocycles.